The van der Waals surface area contributed by atoms with Crippen molar-refractivity contribution in [2.45, 2.75) is 33.2 Å². The van der Waals surface area contributed by atoms with Crippen LogP contribution >= 0.6 is 0 Å². The van der Waals surface area contributed by atoms with Crippen molar-refractivity contribution in [3.8, 4) is 0 Å². The first-order chi connectivity index (χ1) is 8.58. The van der Waals surface area contributed by atoms with Crippen molar-refractivity contribution in [3.05, 3.63) is 35.1 Å². The van der Waals surface area contributed by atoms with Crippen LogP contribution in [0, 0.1) is 5.82 Å². The summed E-state index contributed by atoms with van der Waals surface area (Å²) in [5.74, 6) is -1.39. The molecule has 0 heterocycles. The summed E-state index contributed by atoms with van der Waals surface area (Å²) in [7, 11) is 0. The van der Waals surface area contributed by atoms with Gasteiger partial charge in [-0.05, 0) is 49.7 Å². The van der Waals surface area contributed by atoms with Gasteiger partial charge in [-0.2, -0.15) is 0 Å². The lowest BCUT2D eigenvalue weighted by molar-refractivity contribution is 0.0694. The van der Waals surface area contributed by atoms with E-state index in [4.69, 9.17) is 5.11 Å². The van der Waals surface area contributed by atoms with E-state index in [9.17, 15) is 9.18 Å². The molecule has 0 aliphatic rings. The molecule has 1 aromatic rings. The van der Waals surface area contributed by atoms with Gasteiger partial charge in [0.05, 0.1) is 5.56 Å². The van der Waals surface area contributed by atoms with Gasteiger partial charge >= 0.3 is 5.97 Å². The zero-order chi connectivity index (χ0) is 13.5. The van der Waals surface area contributed by atoms with E-state index < -0.39 is 5.97 Å². The van der Waals surface area contributed by atoms with Gasteiger partial charge in [0.1, 0.15) is 5.82 Å². The number of carboxylic acids is 1. The predicted octanol–water partition coefficient (Wildman–Crippen LogP) is 3.15. The third-order valence-electron chi connectivity index (χ3n) is 2.77. The molecular formula is C14H20FNO2. The highest BCUT2D eigenvalue weighted by atomic mass is 19.1. The van der Waals surface area contributed by atoms with Crippen molar-refractivity contribution >= 4 is 5.97 Å². The topological polar surface area (TPSA) is 40.5 Å². The molecule has 0 fully saturated rings. The fourth-order valence-electron chi connectivity index (χ4n) is 2.05. The van der Waals surface area contributed by atoms with Crippen LogP contribution in [0.3, 0.4) is 0 Å². The van der Waals surface area contributed by atoms with Crippen LogP contribution in [0.15, 0.2) is 18.2 Å². The van der Waals surface area contributed by atoms with Gasteiger partial charge in [-0.3, -0.25) is 4.90 Å². The Morgan fingerprint density at radius 2 is 1.89 bits per heavy atom. The van der Waals surface area contributed by atoms with Gasteiger partial charge in [0.2, 0.25) is 0 Å². The Kier molecular flexibility index (Phi) is 5.78. The Morgan fingerprint density at radius 1 is 1.28 bits per heavy atom. The third-order valence-corrected chi connectivity index (χ3v) is 2.77. The molecule has 0 radical (unpaired) electrons. The van der Waals surface area contributed by atoms with Crippen LogP contribution in [0.4, 0.5) is 4.39 Å². The number of hydrogen-bond acceptors (Lipinski definition) is 2. The van der Waals surface area contributed by atoms with E-state index in [-0.39, 0.29) is 11.4 Å². The Morgan fingerprint density at radius 3 is 2.39 bits per heavy atom. The molecule has 0 amide bonds. The largest absolute Gasteiger partial charge is 0.478 e. The normalized spacial score (nSPS) is 10.9. The Labute approximate surface area is 107 Å². The summed E-state index contributed by atoms with van der Waals surface area (Å²) in [6, 6.07) is 3.85. The minimum atomic E-state index is -1.00. The van der Waals surface area contributed by atoms with E-state index in [1.54, 1.807) is 0 Å². The quantitative estimate of drug-likeness (QED) is 0.811. The molecule has 0 aliphatic carbocycles. The van der Waals surface area contributed by atoms with Crippen LogP contribution < -0.4 is 0 Å². The first kappa shape index (κ1) is 14.6. The van der Waals surface area contributed by atoms with Crippen LogP contribution in [0.1, 0.15) is 42.6 Å². The van der Waals surface area contributed by atoms with Crippen LogP contribution in [0.25, 0.3) is 0 Å². The molecule has 0 atom stereocenters. The highest BCUT2D eigenvalue weighted by Crippen LogP contribution is 2.14. The highest BCUT2D eigenvalue weighted by molar-refractivity contribution is 5.89. The van der Waals surface area contributed by atoms with E-state index in [0.29, 0.717) is 12.1 Å². The van der Waals surface area contributed by atoms with Gasteiger partial charge in [0.15, 0.2) is 0 Å². The molecule has 1 aromatic carbocycles. The number of hydrogen-bond donors (Lipinski definition) is 1. The summed E-state index contributed by atoms with van der Waals surface area (Å²) in [6.45, 7) is 6.42. The molecular weight excluding hydrogens is 233 g/mol. The third kappa shape index (κ3) is 4.11. The molecule has 1 N–H and O–H groups in total. The van der Waals surface area contributed by atoms with Crippen molar-refractivity contribution in [2.24, 2.45) is 0 Å². The number of halogens is 1. The first-order valence-electron chi connectivity index (χ1n) is 6.32. The summed E-state index contributed by atoms with van der Waals surface area (Å²) < 4.78 is 13.2. The molecule has 0 unspecified atom stereocenters. The minimum Gasteiger partial charge on any atom is -0.478 e. The summed E-state index contributed by atoms with van der Waals surface area (Å²) in [5, 5.41) is 9.09. The highest BCUT2D eigenvalue weighted by Gasteiger charge is 2.13. The predicted molar refractivity (Wildman–Crippen MR) is 69.2 cm³/mol. The zero-order valence-electron chi connectivity index (χ0n) is 10.9. The van der Waals surface area contributed by atoms with Crippen LogP contribution in [0.2, 0.25) is 0 Å². The molecule has 0 bridgehead atoms. The molecule has 0 aromatic heterocycles. The molecule has 1 rings (SSSR count). The van der Waals surface area contributed by atoms with Crippen molar-refractivity contribution in [1.82, 2.24) is 4.90 Å². The van der Waals surface area contributed by atoms with Crippen LogP contribution in [-0.2, 0) is 6.54 Å². The smallest absolute Gasteiger partial charge is 0.336 e. The number of carbonyl (C=O) groups is 1. The Hall–Kier alpha value is -1.42. The van der Waals surface area contributed by atoms with Gasteiger partial charge in [-0.15, -0.1) is 0 Å². The summed E-state index contributed by atoms with van der Waals surface area (Å²) in [4.78, 5) is 13.2. The van der Waals surface area contributed by atoms with E-state index in [1.165, 1.54) is 18.2 Å². The minimum absolute atomic E-state index is 0.189. The monoisotopic (exact) mass is 253 g/mol. The lowest BCUT2D eigenvalue weighted by Crippen LogP contribution is -2.26. The SMILES string of the molecule is CCCN(CCC)Cc1cc(F)ccc1C(=O)O. The second-order valence-corrected chi connectivity index (χ2v) is 4.38. The average molecular weight is 253 g/mol. The lowest BCUT2D eigenvalue weighted by Gasteiger charge is -2.21. The fraction of sp³-hybridized carbons (Fsp3) is 0.500. The number of carboxylic acid groups (broad SMARTS) is 1. The Bertz CT molecular complexity index is 401. The van der Waals surface area contributed by atoms with Crippen LogP contribution in [-0.4, -0.2) is 29.1 Å². The molecule has 100 valence electrons. The van der Waals surface area contributed by atoms with E-state index in [1.807, 2.05) is 0 Å². The summed E-state index contributed by atoms with van der Waals surface area (Å²) in [5.41, 5.74) is 0.734. The van der Waals surface area contributed by atoms with Gasteiger partial charge in [0, 0.05) is 6.54 Å². The average Bonchev–Trinajstić information content (AvgIpc) is 2.29. The number of nitrogens with zero attached hydrogens (tertiary/aromatic N) is 1. The van der Waals surface area contributed by atoms with E-state index >= 15 is 0 Å². The fourth-order valence-corrected chi connectivity index (χ4v) is 2.05. The first-order valence-corrected chi connectivity index (χ1v) is 6.32. The Balaban J connectivity index is 2.92. The summed E-state index contributed by atoms with van der Waals surface area (Å²) in [6.07, 6.45) is 2.00. The number of rotatable bonds is 7. The standard InChI is InChI=1S/C14H20FNO2/c1-3-7-16(8-4-2)10-11-9-12(15)5-6-13(11)14(17)18/h5-6,9H,3-4,7-8,10H2,1-2H3,(H,17,18). The zero-order valence-corrected chi connectivity index (χ0v) is 10.9. The maximum atomic E-state index is 13.2. The molecule has 0 aliphatic heterocycles. The molecule has 0 saturated carbocycles. The number of aromatic carboxylic acids is 1. The van der Waals surface area contributed by atoms with Crippen molar-refractivity contribution in [1.29, 1.82) is 0 Å². The maximum absolute atomic E-state index is 13.2. The number of benzene rings is 1. The molecule has 3 nitrogen and oxygen atoms in total. The van der Waals surface area contributed by atoms with Crippen molar-refractivity contribution in [3.63, 3.8) is 0 Å². The molecule has 4 heteroatoms. The van der Waals surface area contributed by atoms with Crippen molar-refractivity contribution < 1.29 is 14.3 Å². The van der Waals surface area contributed by atoms with Crippen molar-refractivity contribution in [2.75, 3.05) is 13.1 Å². The molecule has 0 saturated heterocycles. The van der Waals surface area contributed by atoms with E-state index in [0.717, 1.165) is 25.9 Å². The maximum Gasteiger partial charge on any atom is 0.336 e. The second-order valence-electron chi connectivity index (χ2n) is 4.38. The van der Waals surface area contributed by atoms with E-state index in [2.05, 4.69) is 18.7 Å². The van der Waals surface area contributed by atoms with Gasteiger partial charge in [0.25, 0.3) is 0 Å². The van der Waals surface area contributed by atoms with Gasteiger partial charge < -0.3 is 5.11 Å². The van der Waals surface area contributed by atoms with Gasteiger partial charge in [-0.25, -0.2) is 9.18 Å². The van der Waals surface area contributed by atoms with Gasteiger partial charge in [-0.1, -0.05) is 13.8 Å². The van der Waals surface area contributed by atoms with Crippen LogP contribution in [0.5, 0.6) is 0 Å². The molecule has 0 spiro atoms. The summed E-state index contributed by atoms with van der Waals surface area (Å²) >= 11 is 0. The molecule has 18 heavy (non-hydrogen) atoms. The second kappa shape index (κ2) is 7.11. The lowest BCUT2D eigenvalue weighted by atomic mass is 10.1.